The van der Waals surface area contributed by atoms with Gasteiger partial charge in [-0.2, -0.15) is 0 Å². The SMILES string of the molecule is CCCCCCCCCCCCCCCCCCC[N+](C)(C)C(C)(C)C(=O)[O-]. The zero-order valence-electron chi connectivity index (χ0n) is 20.0. The van der Waals surface area contributed by atoms with Crippen molar-refractivity contribution in [2.24, 2.45) is 0 Å². The van der Waals surface area contributed by atoms with E-state index in [2.05, 4.69) is 6.92 Å². The molecule has 0 fully saturated rings. The first-order valence-electron chi connectivity index (χ1n) is 12.3. The van der Waals surface area contributed by atoms with Crippen molar-refractivity contribution in [3.8, 4) is 0 Å². The van der Waals surface area contributed by atoms with Gasteiger partial charge in [-0.25, -0.2) is 0 Å². The Bertz CT molecular complexity index is 377. The van der Waals surface area contributed by atoms with Crippen LogP contribution in [-0.4, -0.2) is 36.6 Å². The van der Waals surface area contributed by atoms with Gasteiger partial charge in [0.15, 0.2) is 0 Å². The average Bonchev–Trinajstić information content (AvgIpc) is 2.63. The van der Waals surface area contributed by atoms with Crippen LogP contribution in [0.3, 0.4) is 0 Å². The molecule has 0 heterocycles. The van der Waals surface area contributed by atoms with E-state index >= 15 is 0 Å². The maximum atomic E-state index is 11.3. The fourth-order valence-corrected chi connectivity index (χ4v) is 3.76. The molecule has 0 N–H and O–H groups in total. The molecular formula is C25H51NO2. The van der Waals surface area contributed by atoms with Crippen molar-refractivity contribution >= 4 is 5.97 Å². The minimum atomic E-state index is -0.954. The Morgan fingerprint density at radius 1 is 0.643 bits per heavy atom. The molecule has 3 heteroatoms. The van der Waals surface area contributed by atoms with Gasteiger partial charge in [-0.3, -0.25) is 0 Å². The summed E-state index contributed by atoms with van der Waals surface area (Å²) in [4.78, 5) is 11.3. The van der Waals surface area contributed by atoms with Gasteiger partial charge < -0.3 is 14.4 Å². The van der Waals surface area contributed by atoms with Gasteiger partial charge in [0.25, 0.3) is 0 Å². The van der Waals surface area contributed by atoms with Gasteiger partial charge in [0.05, 0.1) is 20.6 Å². The highest BCUT2D eigenvalue weighted by Crippen LogP contribution is 2.21. The number of quaternary nitrogens is 1. The Kier molecular flexibility index (Phi) is 15.9. The number of likely N-dealkylation sites (N-methyl/N-ethyl adjacent to an activating group) is 1. The molecular weight excluding hydrogens is 346 g/mol. The minimum absolute atomic E-state index is 0.494. The topological polar surface area (TPSA) is 40.1 Å². The summed E-state index contributed by atoms with van der Waals surface area (Å²) in [6.45, 7) is 6.73. The van der Waals surface area contributed by atoms with Crippen LogP contribution in [0.1, 0.15) is 130 Å². The molecule has 0 aliphatic heterocycles. The van der Waals surface area contributed by atoms with E-state index in [0.717, 1.165) is 13.0 Å². The lowest BCUT2D eigenvalue weighted by molar-refractivity contribution is -0.930. The number of rotatable bonds is 20. The van der Waals surface area contributed by atoms with Gasteiger partial charge in [-0.1, -0.05) is 103 Å². The number of hydrogen-bond donors (Lipinski definition) is 0. The summed E-state index contributed by atoms with van der Waals surface area (Å²) in [7, 11) is 4.00. The maximum Gasteiger partial charge on any atom is 0.133 e. The molecule has 0 saturated heterocycles. The highest BCUT2D eigenvalue weighted by Gasteiger charge is 2.37. The van der Waals surface area contributed by atoms with Crippen LogP contribution in [0.4, 0.5) is 0 Å². The number of unbranched alkanes of at least 4 members (excludes halogenated alkanes) is 16. The Hall–Kier alpha value is -0.570. The van der Waals surface area contributed by atoms with Crippen LogP contribution >= 0.6 is 0 Å². The average molecular weight is 398 g/mol. The molecule has 28 heavy (non-hydrogen) atoms. The Balaban J connectivity index is 3.37. The first-order valence-corrected chi connectivity index (χ1v) is 12.3. The van der Waals surface area contributed by atoms with Crippen molar-refractivity contribution in [3.63, 3.8) is 0 Å². The molecule has 0 radical (unpaired) electrons. The normalized spacial score (nSPS) is 12.5. The van der Waals surface area contributed by atoms with Crippen LogP contribution in [0.25, 0.3) is 0 Å². The number of hydrogen-bond acceptors (Lipinski definition) is 2. The van der Waals surface area contributed by atoms with E-state index in [0.29, 0.717) is 4.48 Å². The number of carboxylic acids is 1. The van der Waals surface area contributed by atoms with Crippen molar-refractivity contribution < 1.29 is 14.4 Å². The van der Waals surface area contributed by atoms with E-state index < -0.39 is 11.5 Å². The fraction of sp³-hybridized carbons (Fsp3) is 0.960. The molecule has 168 valence electrons. The largest absolute Gasteiger partial charge is 0.544 e. The highest BCUT2D eigenvalue weighted by molar-refractivity contribution is 5.73. The van der Waals surface area contributed by atoms with Crippen molar-refractivity contribution in [1.82, 2.24) is 0 Å². The van der Waals surface area contributed by atoms with Crippen molar-refractivity contribution in [2.75, 3.05) is 20.6 Å². The van der Waals surface area contributed by atoms with Crippen LogP contribution < -0.4 is 5.11 Å². The van der Waals surface area contributed by atoms with E-state index in [1.807, 2.05) is 14.1 Å². The number of nitrogens with zero attached hydrogens (tertiary/aromatic N) is 1. The quantitative estimate of drug-likeness (QED) is 0.180. The van der Waals surface area contributed by atoms with E-state index in [4.69, 9.17) is 0 Å². The van der Waals surface area contributed by atoms with E-state index in [9.17, 15) is 9.90 Å². The maximum absolute atomic E-state index is 11.3. The molecule has 3 nitrogen and oxygen atoms in total. The number of carbonyl (C=O) groups is 1. The van der Waals surface area contributed by atoms with Crippen LogP contribution in [0, 0.1) is 0 Å². The van der Waals surface area contributed by atoms with Gasteiger partial charge in [-0.05, 0) is 26.7 Å². The summed E-state index contributed by atoms with van der Waals surface area (Å²) in [5.74, 6) is -0.954. The molecule has 0 aromatic heterocycles. The zero-order chi connectivity index (χ0) is 21.3. The lowest BCUT2D eigenvalue weighted by Gasteiger charge is -2.45. The predicted octanol–water partition coefficient (Wildman–Crippen LogP) is 6.24. The second-order valence-corrected chi connectivity index (χ2v) is 9.91. The summed E-state index contributed by atoms with van der Waals surface area (Å²) in [6, 6.07) is 0. The Labute approximate surface area is 176 Å². The van der Waals surface area contributed by atoms with Gasteiger partial charge >= 0.3 is 0 Å². The van der Waals surface area contributed by atoms with E-state index in [1.165, 1.54) is 103 Å². The lowest BCUT2D eigenvalue weighted by atomic mass is 9.99. The first-order chi connectivity index (χ1) is 13.3. The number of carboxylic acid groups (broad SMARTS) is 1. The molecule has 0 aromatic rings. The summed E-state index contributed by atoms with van der Waals surface area (Å²) in [5.41, 5.74) is -0.824. The number of aliphatic carboxylic acids is 1. The van der Waals surface area contributed by atoms with E-state index in [1.54, 1.807) is 13.8 Å². The molecule has 0 aromatic carbocycles. The fourth-order valence-electron chi connectivity index (χ4n) is 3.76. The third-order valence-electron chi connectivity index (χ3n) is 6.83. The predicted molar refractivity (Wildman–Crippen MR) is 120 cm³/mol. The van der Waals surface area contributed by atoms with Crippen LogP contribution in [-0.2, 0) is 4.79 Å². The highest BCUT2D eigenvalue weighted by atomic mass is 16.4. The smallest absolute Gasteiger partial charge is 0.133 e. The molecule has 0 bridgehead atoms. The van der Waals surface area contributed by atoms with Gasteiger partial charge in [-0.15, -0.1) is 0 Å². The summed E-state index contributed by atoms with van der Waals surface area (Å²) >= 11 is 0. The van der Waals surface area contributed by atoms with E-state index in [-0.39, 0.29) is 0 Å². The number of carbonyl (C=O) groups excluding carboxylic acids is 1. The molecule has 0 amide bonds. The monoisotopic (exact) mass is 397 g/mol. The molecule has 0 aliphatic rings. The van der Waals surface area contributed by atoms with Crippen molar-refractivity contribution in [2.45, 2.75) is 135 Å². The van der Waals surface area contributed by atoms with Crippen LogP contribution in [0.5, 0.6) is 0 Å². The Morgan fingerprint density at radius 3 is 1.21 bits per heavy atom. The second kappa shape index (κ2) is 16.3. The Morgan fingerprint density at radius 2 is 0.929 bits per heavy atom. The third kappa shape index (κ3) is 12.8. The van der Waals surface area contributed by atoms with Crippen molar-refractivity contribution in [3.05, 3.63) is 0 Å². The zero-order valence-corrected chi connectivity index (χ0v) is 20.0. The molecule has 0 atom stereocenters. The van der Waals surface area contributed by atoms with Crippen LogP contribution in [0.2, 0.25) is 0 Å². The molecule has 0 spiro atoms. The molecule has 0 unspecified atom stereocenters. The summed E-state index contributed by atoms with van der Waals surface area (Å²) < 4.78 is 0.494. The first kappa shape index (κ1) is 27.4. The molecule has 0 aliphatic carbocycles. The third-order valence-corrected chi connectivity index (χ3v) is 6.83. The van der Waals surface area contributed by atoms with Gasteiger partial charge in [0, 0.05) is 0 Å². The van der Waals surface area contributed by atoms with Crippen molar-refractivity contribution in [1.29, 1.82) is 0 Å². The summed E-state index contributed by atoms with van der Waals surface area (Å²) in [6.07, 6.45) is 23.3. The standard InChI is InChI=1S/C25H51NO2/c1-6-7-8-9-10-11-12-13-14-15-16-17-18-19-20-21-22-23-26(4,5)25(2,3)24(27)28/h6-23H2,1-5H3. The summed E-state index contributed by atoms with van der Waals surface area (Å²) in [5, 5.41) is 11.3. The van der Waals surface area contributed by atoms with Gasteiger partial charge in [0.2, 0.25) is 0 Å². The molecule has 0 rings (SSSR count). The lowest BCUT2D eigenvalue weighted by Crippen LogP contribution is -2.64. The minimum Gasteiger partial charge on any atom is -0.544 e. The second-order valence-electron chi connectivity index (χ2n) is 9.91. The van der Waals surface area contributed by atoms with Gasteiger partial charge in [0.1, 0.15) is 11.5 Å². The van der Waals surface area contributed by atoms with Crippen LogP contribution in [0.15, 0.2) is 0 Å². The molecule has 0 saturated carbocycles.